The highest BCUT2D eigenvalue weighted by Crippen LogP contribution is 2.30. The smallest absolute Gasteiger partial charge is 0.0916 e. The van der Waals surface area contributed by atoms with Gasteiger partial charge in [-0.15, -0.1) is 11.3 Å². The lowest BCUT2D eigenvalue weighted by atomic mass is 10.2. The van der Waals surface area contributed by atoms with Crippen LogP contribution < -0.4 is 5.73 Å². The van der Waals surface area contributed by atoms with E-state index >= 15 is 0 Å². The largest absolute Gasteiger partial charge is 0.390 e. The Morgan fingerprint density at radius 3 is 3.22 bits per heavy atom. The molecule has 2 heterocycles. The lowest BCUT2D eigenvalue weighted by Crippen LogP contribution is -1.84. The second-order valence-electron chi connectivity index (χ2n) is 2.10. The summed E-state index contributed by atoms with van der Waals surface area (Å²) in [4.78, 5) is 0. The maximum Gasteiger partial charge on any atom is 0.0916 e. The SMILES string of the molecule is Nc1scc2c1COC2. The molecule has 1 aliphatic heterocycles. The molecule has 0 saturated carbocycles. The minimum atomic E-state index is 0.713. The van der Waals surface area contributed by atoms with Gasteiger partial charge in [-0.3, -0.25) is 0 Å². The number of thiophene rings is 1. The van der Waals surface area contributed by atoms with E-state index in [1.807, 2.05) is 0 Å². The third-order valence-corrected chi connectivity index (χ3v) is 2.42. The molecule has 3 heteroatoms. The molecule has 9 heavy (non-hydrogen) atoms. The van der Waals surface area contributed by atoms with Gasteiger partial charge in [-0.1, -0.05) is 0 Å². The number of hydrogen-bond donors (Lipinski definition) is 1. The predicted molar refractivity (Wildman–Crippen MR) is 37.2 cm³/mol. The lowest BCUT2D eigenvalue weighted by molar-refractivity contribution is 0.134. The van der Waals surface area contributed by atoms with Gasteiger partial charge >= 0.3 is 0 Å². The van der Waals surface area contributed by atoms with Gasteiger partial charge in [-0.05, 0) is 10.9 Å². The van der Waals surface area contributed by atoms with Gasteiger partial charge in [-0.25, -0.2) is 0 Å². The zero-order chi connectivity index (χ0) is 6.27. The normalized spacial score (nSPS) is 16.0. The Balaban J connectivity index is 2.56. The quantitative estimate of drug-likeness (QED) is 0.592. The first-order valence-electron chi connectivity index (χ1n) is 2.80. The lowest BCUT2D eigenvalue weighted by Gasteiger charge is -1.87. The van der Waals surface area contributed by atoms with Crippen molar-refractivity contribution in [1.29, 1.82) is 0 Å². The second kappa shape index (κ2) is 1.72. The molecule has 0 fully saturated rings. The first-order valence-corrected chi connectivity index (χ1v) is 3.68. The number of ether oxygens (including phenoxy) is 1. The Morgan fingerprint density at radius 2 is 2.44 bits per heavy atom. The first-order chi connectivity index (χ1) is 4.38. The number of anilines is 1. The van der Waals surface area contributed by atoms with Crippen LogP contribution in [0.1, 0.15) is 11.1 Å². The highest BCUT2D eigenvalue weighted by atomic mass is 32.1. The van der Waals surface area contributed by atoms with E-state index in [2.05, 4.69) is 5.38 Å². The fourth-order valence-corrected chi connectivity index (χ4v) is 1.79. The molecule has 0 aromatic carbocycles. The zero-order valence-electron chi connectivity index (χ0n) is 4.89. The molecule has 0 spiro atoms. The number of fused-ring (bicyclic) bond motifs is 1. The molecule has 1 aromatic heterocycles. The summed E-state index contributed by atoms with van der Waals surface area (Å²) in [7, 11) is 0. The van der Waals surface area contributed by atoms with E-state index in [-0.39, 0.29) is 0 Å². The maximum atomic E-state index is 5.63. The summed E-state index contributed by atoms with van der Waals surface area (Å²) in [5.74, 6) is 0. The van der Waals surface area contributed by atoms with Gasteiger partial charge in [-0.2, -0.15) is 0 Å². The molecule has 0 radical (unpaired) electrons. The molecule has 0 amide bonds. The van der Waals surface area contributed by atoms with E-state index in [1.165, 1.54) is 11.1 Å². The fraction of sp³-hybridized carbons (Fsp3) is 0.333. The Labute approximate surface area is 57.2 Å². The average molecular weight is 141 g/mol. The number of nitrogens with two attached hydrogens (primary N) is 1. The van der Waals surface area contributed by atoms with Crippen molar-refractivity contribution in [3.05, 3.63) is 16.5 Å². The number of rotatable bonds is 0. The monoisotopic (exact) mass is 141 g/mol. The van der Waals surface area contributed by atoms with Crippen LogP contribution in [0.15, 0.2) is 5.38 Å². The molecule has 1 aromatic rings. The minimum Gasteiger partial charge on any atom is -0.390 e. The summed E-state index contributed by atoms with van der Waals surface area (Å²) >= 11 is 1.60. The molecular formula is C6H7NOS. The van der Waals surface area contributed by atoms with E-state index in [0.717, 1.165) is 11.6 Å². The van der Waals surface area contributed by atoms with Gasteiger partial charge in [0, 0.05) is 5.56 Å². The fourth-order valence-electron chi connectivity index (χ4n) is 0.983. The van der Waals surface area contributed by atoms with Gasteiger partial charge in [0.05, 0.1) is 18.2 Å². The van der Waals surface area contributed by atoms with Crippen LogP contribution >= 0.6 is 11.3 Å². The standard InChI is InChI=1S/C6H7NOS/c7-6-5-2-8-1-4(5)3-9-6/h3H,1-2,7H2. The molecule has 0 atom stereocenters. The van der Waals surface area contributed by atoms with Crippen LogP contribution in [-0.2, 0) is 18.0 Å². The van der Waals surface area contributed by atoms with E-state index in [9.17, 15) is 0 Å². The highest BCUT2D eigenvalue weighted by Gasteiger charge is 2.14. The van der Waals surface area contributed by atoms with Crippen LogP contribution in [0.2, 0.25) is 0 Å². The van der Waals surface area contributed by atoms with Crippen LogP contribution in [0.5, 0.6) is 0 Å². The van der Waals surface area contributed by atoms with E-state index < -0.39 is 0 Å². The van der Waals surface area contributed by atoms with Crippen LogP contribution in [0.3, 0.4) is 0 Å². The molecule has 48 valence electrons. The summed E-state index contributed by atoms with van der Waals surface area (Å²) in [6, 6.07) is 0. The Hall–Kier alpha value is -0.540. The highest BCUT2D eigenvalue weighted by molar-refractivity contribution is 7.14. The van der Waals surface area contributed by atoms with Gasteiger partial charge < -0.3 is 10.5 Å². The van der Waals surface area contributed by atoms with Crippen molar-refractivity contribution in [2.45, 2.75) is 13.2 Å². The van der Waals surface area contributed by atoms with Crippen molar-refractivity contribution in [3.63, 3.8) is 0 Å². The van der Waals surface area contributed by atoms with Crippen molar-refractivity contribution >= 4 is 16.3 Å². The second-order valence-corrected chi connectivity index (χ2v) is 3.01. The molecule has 0 aliphatic carbocycles. The van der Waals surface area contributed by atoms with Crippen molar-refractivity contribution in [2.75, 3.05) is 5.73 Å². The average Bonchev–Trinajstić information content (AvgIpc) is 2.35. The van der Waals surface area contributed by atoms with Crippen LogP contribution in [0.4, 0.5) is 5.00 Å². The van der Waals surface area contributed by atoms with Gasteiger partial charge in [0.2, 0.25) is 0 Å². The van der Waals surface area contributed by atoms with Gasteiger partial charge in [0.15, 0.2) is 0 Å². The van der Waals surface area contributed by atoms with Crippen molar-refractivity contribution in [1.82, 2.24) is 0 Å². The van der Waals surface area contributed by atoms with Crippen molar-refractivity contribution in [2.24, 2.45) is 0 Å². The summed E-state index contributed by atoms with van der Waals surface area (Å²) in [6.45, 7) is 1.47. The third kappa shape index (κ3) is 0.653. The number of hydrogen-bond acceptors (Lipinski definition) is 3. The summed E-state index contributed by atoms with van der Waals surface area (Å²) in [5.41, 5.74) is 8.11. The predicted octanol–water partition coefficient (Wildman–Crippen LogP) is 1.36. The molecule has 0 saturated heterocycles. The molecule has 1 aliphatic rings. The van der Waals surface area contributed by atoms with Crippen LogP contribution in [-0.4, -0.2) is 0 Å². The van der Waals surface area contributed by atoms with E-state index in [1.54, 1.807) is 11.3 Å². The zero-order valence-corrected chi connectivity index (χ0v) is 5.70. The Bertz CT molecular complexity index is 231. The van der Waals surface area contributed by atoms with Gasteiger partial charge in [0.25, 0.3) is 0 Å². The van der Waals surface area contributed by atoms with E-state index in [0.29, 0.717) is 6.61 Å². The summed E-state index contributed by atoms with van der Waals surface area (Å²) < 4.78 is 5.16. The van der Waals surface area contributed by atoms with Crippen molar-refractivity contribution < 1.29 is 4.74 Å². The Morgan fingerprint density at radius 1 is 1.56 bits per heavy atom. The van der Waals surface area contributed by atoms with Crippen molar-refractivity contribution in [3.8, 4) is 0 Å². The topological polar surface area (TPSA) is 35.2 Å². The molecule has 2 nitrogen and oxygen atoms in total. The molecule has 0 bridgehead atoms. The third-order valence-electron chi connectivity index (χ3n) is 1.52. The molecule has 2 rings (SSSR count). The number of nitrogen functional groups attached to an aromatic ring is 1. The summed E-state index contributed by atoms with van der Waals surface area (Å²) in [5, 5.41) is 2.99. The maximum absolute atomic E-state index is 5.63. The van der Waals surface area contributed by atoms with E-state index in [4.69, 9.17) is 10.5 Å². The molecule has 2 N–H and O–H groups in total. The summed E-state index contributed by atoms with van der Waals surface area (Å²) in [6.07, 6.45) is 0. The van der Waals surface area contributed by atoms with Crippen LogP contribution in [0.25, 0.3) is 0 Å². The molecular weight excluding hydrogens is 134 g/mol. The minimum absolute atomic E-state index is 0.713. The first kappa shape index (κ1) is 5.26. The van der Waals surface area contributed by atoms with Crippen LogP contribution in [0, 0.1) is 0 Å². The van der Waals surface area contributed by atoms with Gasteiger partial charge in [0.1, 0.15) is 0 Å². The molecule has 0 unspecified atom stereocenters. The Kier molecular flexibility index (Phi) is 1.00.